The molecule has 6 nitrogen and oxygen atoms in total. The van der Waals surface area contributed by atoms with Crippen molar-refractivity contribution in [2.24, 2.45) is 7.05 Å². The molecule has 4 rings (SSSR count). The molecule has 0 radical (unpaired) electrons. The van der Waals surface area contributed by atoms with Crippen molar-refractivity contribution in [1.29, 1.82) is 0 Å². The molecule has 3 aromatic heterocycles. The molecular formula is C25H27ClN4O2. The highest BCUT2D eigenvalue weighted by molar-refractivity contribution is 6.30. The van der Waals surface area contributed by atoms with Crippen molar-refractivity contribution in [3.8, 4) is 11.1 Å². The lowest BCUT2D eigenvalue weighted by Crippen LogP contribution is -2.11. The van der Waals surface area contributed by atoms with Crippen LogP contribution in [0.2, 0.25) is 5.02 Å². The van der Waals surface area contributed by atoms with Crippen LogP contribution in [-0.4, -0.2) is 31.9 Å². The van der Waals surface area contributed by atoms with Crippen molar-refractivity contribution in [2.75, 3.05) is 6.61 Å². The van der Waals surface area contributed by atoms with E-state index in [1.165, 1.54) is 0 Å². The van der Waals surface area contributed by atoms with E-state index in [9.17, 15) is 4.79 Å². The van der Waals surface area contributed by atoms with Gasteiger partial charge in [0, 0.05) is 40.6 Å². The number of halogens is 1. The minimum Gasteiger partial charge on any atom is -0.466 e. The SMILES string of the molecule is CCOC(=O)Cc1c(C)nc2c(c(C)c(C)n2Cc2cnn(C)c2)c1-c1ccc(Cl)cc1. The van der Waals surface area contributed by atoms with Gasteiger partial charge < -0.3 is 9.30 Å². The van der Waals surface area contributed by atoms with Gasteiger partial charge in [0.15, 0.2) is 0 Å². The number of aryl methyl sites for hydroxylation is 3. The zero-order valence-electron chi connectivity index (χ0n) is 19.1. The monoisotopic (exact) mass is 450 g/mol. The maximum Gasteiger partial charge on any atom is 0.310 e. The maximum absolute atomic E-state index is 12.5. The number of esters is 1. The molecule has 0 saturated carbocycles. The Morgan fingerprint density at radius 1 is 1.16 bits per heavy atom. The Bertz CT molecular complexity index is 1300. The summed E-state index contributed by atoms with van der Waals surface area (Å²) in [7, 11) is 1.91. The average Bonchev–Trinajstić information content (AvgIpc) is 3.26. The topological polar surface area (TPSA) is 61.9 Å². The van der Waals surface area contributed by atoms with E-state index in [-0.39, 0.29) is 12.4 Å². The molecular weight excluding hydrogens is 424 g/mol. The predicted octanol–water partition coefficient (Wildman–Crippen LogP) is 5.17. The van der Waals surface area contributed by atoms with Gasteiger partial charge in [0.2, 0.25) is 0 Å². The highest BCUT2D eigenvalue weighted by Crippen LogP contribution is 2.38. The summed E-state index contributed by atoms with van der Waals surface area (Å²) in [6.07, 6.45) is 4.07. The van der Waals surface area contributed by atoms with Crippen LogP contribution in [0.4, 0.5) is 0 Å². The van der Waals surface area contributed by atoms with Crippen molar-refractivity contribution in [3.63, 3.8) is 0 Å². The average molecular weight is 451 g/mol. The highest BCUT2D eigenvalue weighted by Gasteiger charge is 2.23. The number of fused-ring (bicyclic) bond motifs is 1. The molecule has 0 spiro atoms. The van der Waals surface area contributed by atoms with Gasteiger partial charge in [0.05, 0.1) is 25.8 Å². The number of aromatic nitrogens is 4. The summed E-state index contributed by atoms with van der Waals surface area (Å²) in [4.78, 5) is 17.4. The number of pyridine rings is 1. The van der Waals surface area contributed by atoms with E-state index in [0.717, 1.165) is 50.2 Å². The summed E-state index contributed by atoms with van der Waals surface area (Å²) in [6.45, 7) is 9.02. The molecule has 0 N–H and O–H groups in total. The number of hydrogen-bond acceptors (Lipinski definition) is 4. The molecule has 166 valence electrons. The molecule has 0 fully saturated rings. The summed E-state index contributed by atoms with van der Waals surface area (Å²) in [5, 5.41) is 6.03. The molecule has 3 heterocycles. The van der Waals surface area contributed by atoms with Crippen LogP contribution in [0, 0.1) is 20.8 Å². The van der Waals surface area contributed by atoms with E-state index in [0.29, 0.717) is 18.2 Å². The minimum absolute atomic E-state index is 0.173. The second kappa shape index (κ2) is 8.79. The Balaban J connectivity index is 1.99. The third-order valence-electron chi connectivity index (χ3n) is 5.92. The van der Waals surface area contributed by atoms with E-state index in [1.807, 2.05) is 57.6 Å². The molecule has 0 aliphatic carbocycles. The minimum atomic E-state index is -0.254. The molecule has 0 aliphatic rings. The van der Waals surface area contributed by atoms with Gasteiger partial charge in [-0.05, 0) is 62.1 Å². The van der Waals surface area contributed by atoms with Crippen LogP contribution in [-0.2, 0) is 29.5 Å². The molecule has 0 amide bonds. The first-order valence-electron chi connectivity index (χ1n) is 10.7. The summed E-state index contributed by atoms with van der Waals surface area (Å²) >= 11 is 6.17. The Hall–Kier alpha value is -3.12. The molecule has 0 bridgehead atoms. The number of hydrogen-bond donors (Lipinski definition) is 0. The fraction of sp³-hybridized carbons (Fsp3) is 0.320. The second-order valence-corrected chi connectivity index (χ2v) is 8.49. The number of rotatable bonds is 6. The Labute approximate surface area is 192 Å². The molecule has 32 heavy (non-hydrogen) atoms. The van der Waals surface area contributed by atoms with Gasteiger partial charge in [0.25, 0.3) is 0 Å². The molecule has 7 heteroatoms. The standard InChI is InChI=1S/C25H27ClN4O2/c1-6-32-22(31)11-21-16(3)28-25-23(24(21)19-7-9-20(26)10-8-19)15(2)17(4)30(25)14-18-12-27-29(5)13-18/h7-10,12-13H,6,11,14H2,1-5H3. The summed E-state index contributed by atoms with van der Waals surface area (Å²) in [5.74, 6) is -0.254. The fourth-order valence-electron chi connectivity index (χ4n) is 4.26. The molecule has 0 atom stereocenters. The molecule has 4 aromatic rings. The quantitative estimate of drug-likeness (QED) is 0.380. The Morgan fingerprint density at radius 2 is 1.88 bits per heavy atom. The van der Waals surface area contributed by atoms with Crippen LogP contribution in [0.15, 0.2) is 36.7 Å². The number of carbonyl (C=O) groups excluding carboxylic acids is 1. The normalized spacial score (nSPS) is 11.3. The van der Waals surface area contributed by atoms with E-state index in [1.54, 1.807) is 4.68 Å². The van der Waals surface area contributed by atoms with Crippen molar-refractivity contribution >= 4 is 28.6 Å². The largest absolute Gasteiger partial charge is 0.466 e. The highest BCUT2D eigenvalue weighted by atomic mass is 35.5. The number of nitrogens with zero attached hydrogens (tertiary/aromatic N) is 4. The zero-order chi connectivity index (χ0) is 23.0. The van der Waals surface area contributed by atoms with Gasteiger partial charge in [-0.25, -0.2) is 4.98 Å². The van der Waals surface area contributed by atoms with Gasteiger partial charge in [0.1, 0.15) is 5.65 Å². The summed E-state index contributed by atoms with van der Waals surface area (Å²) in [5.41, 5.74) is 8.02. The fourth-order valence-corrected chi connectivity index (χ4v) is 4.38. The Kier molecular flexibility index (Phi) is 6.07. The van der Waals surface area contributed by atoms with Gasteiger partial charge >= 0.3 is 5.97 Å². The van der Waals surface area contributed by atoms with Crippen molar-refractivity contribution < 1.29 is 9.53 Å². The molecule has 1 aromatic carbocycles. The third kappa shape index (κ3) is 4.02. The van der Waals surface area contributed by atoms with Crippen LogP contribution >= 0.6 is 11.6 Å². The number of ether oxygens (including phenoxy) is 1. The van der Waals surface area contributed by atoms with Crippen molar-refractivity contribution in [1.82, 2.24) is 19.3 Å². The lowest BCUT2D eigenvalue weighted by Gasteiger charge is -2.15. The van der Waals surface area contributed by atoms with Gasteiger partial charge in [-0.3, -0.25) is 9.48 Å². The van der Waals surface area contributed by atoms with Crippen LogP contribution in [0.1, 0.15) is 35.0 Å². The van der Waals surface area contributed by atoms with E-state index < -0.39 is 0 Å². The second-order valence-electron chi connectivity index (χ2n) is 8.06. The van der Waals surface area contributed by atoms with Crippen LogP contribution in [0.25, 0.3) is 22.2 Å². The Morgan fingerprint density at radius 3 is 2.50 bits per heavy atom. The first-order valence-corrected chi connectivity index (χ1v) is 11.1. The lowest BCUT2D eigenvalue weighted by atomic mass is 9.92. The van der Waals surface area contributed by atoms with Gasteiger partial charge in [-0.1, -0.05) is 23.7 Å². The first kappa shape index (κ1) is 22.1. The van der Waals surface area contributed by atoms with E-state index in [4.69, 9.17) is 21.3 Å². The van der Waals surface area contributed by atoms with Crippen LogP contribution in [0.3, 0.4) is 0 Å². The van der Waals surface area contributed by atoms with E-state index in [2.05, 4.69) is 23.5 Å². The van der Waals surface area contributed by atoms with Crippen molar-refractivity contribution in [3.05, 3.63) is 69.8 Å². The first-order chi connectivity index (χ1) is 15.3. The predicted molar refractivity (Wildman–Crippen MR) is 127 cm³/mol. The van der Waals surface area contributed by atoms with Gasteiger partial charge in [-0.2, -0.15) is 5.10 Å². The molecule has 0 saturated heterocycles. The van der Waals surface area contributed by atoms with Gasteiger partial charge in [-0.15, -0.1) is 0 Å². The zero-order valence-corrected chi connectivity index (χ0v) is 19.8. The van der Waals surface area contributed by atoms with E-state index >= 15 is 0 Å². The van der Waals surface area contributed by atoms with Crippen molar-refractivity contribution in [2.45, 2.75) is 40.7 Å². The number of carbonyl (C=O) groups is 1. The molecule has 0 unspecified atom stereocenters. The summed E-state index contributed by atoms with van der Waals surface area (Å²) < 4.78 is 9.29. The van der Waals surface area contributed by atoms with Crippen LogP contribution in [0.5, 0.6) is 0 Å². The molecule has 0 aliphatic heterocycles. The third-order valence-corrected chi connectivity index (χ3v) is 6.17. The smallest absolute Gasteiger partial charge is 0.310 e. The number of benzene rings is 1. The van der Waals surface area contributed by atoms with Crippen LogP contribution < -0.4 is 0 Å². The maximum atomic E-state index is 12.5. The lowest BCUT2D eigenvalue weighted by molar-refractivity contribution is -0.142. The summed E-state index contributed by atoms with van der Waals surface area (Å²) in [6, 6.07) is 7.75.